The maximum absolute atomic E-state index is 5.32. The average Bonchev–Trinajstić information content (AvgIpc) is 2.67. The Morgan fingerprint density at radius 2 is 1.35 bits per heavy atom. The standard InChI is InChI=1S/C7H19N3.C5H12N2/c8-4-1-2-6-10-7-3-5-9;1-2-4-6-7-5-3-1/h10H,1-9H2;6-7H,1-5H2. The van der Waals surface area contributed by atoms with E-state index in [0.29, 0.717) is 0 Å². The first kappa shape index (κ1) is 16.8. The predicted octanol–water partition coefficient (Wildman–Crippen LogP) is -0.0718. The van der Waals surface area contributed by atoms with Gasteiger partial charge in [0, 0.05) is 13.1 Å². The third kappa shape index (κ3) is 15.8. The normalized spacial score (nSPS) is 15.9. The zero-order valence-corrected chi connectivity index (χ0v) is 11.1. The van der Waals surface area contributed by atoms with Crippen LogP contribution in [0.5, 0.6) is 0 Å². The zero-order valence-electron chi connectivity index (χ0n) is 11.1. The molecule has 5 heteroatoms. The molecule has 0 unspecified atom stereocenters. The van der Waals surface area contributed by atoms with E-state index < -0.39 is 0 Å². The average molecular weight is 245 g/mol. The largest absolute Gasteiger partial charge is 0.330 e. The molecular formula is C12H31N5. The highest BCUT2D eigenvalue weighted by Gasteiger charge is 1.92. The fraction of sp³-hybridized carbons (Fsp3) is 1.00. The molecule has 1 aliphatic heterocycles. The number of nitrogens with one attached hydrogen (secondary N) is 3. The van der Waals surface area contributed by atoms with E-state index in [0.717, 1.165) is 52.1 Å². The summed E-state index contributed by atoms with van der Waals surface area (Å²) in [6.45, 7) is 5.99. The van der Waals surface area contributed by atoms with Crippen molar-refractivity contribution in [3.8, 4) is 0 Å². The summed E-state index contributed by atoms with van der Waals surface area (Å²) in [5, 5.41) is 3.29. The molecule has 1 aliphatic rings. The maximum atomic E-state index is 5.32. The first-order chi connectivity index (χ1) is 8.41. The monoisotopic (exact) mass is 245 g/mol. The van der Waals surface area contributed by atoms with E-state index in [4.69, 9.17) is 11.5 Å². The lowest BCUT2D eigenvalue weighted by atomic mass is 10.2. The molecule has 17 heavy (non-hydrogen) atoms. The van der Waals surface area contributed by atoms with Gasteiger partial charge in [0.1, 0.15) is 0 Å². The topological polar surface area (TPSA) is 88.1 Å². The van der Waals surface area contributed by atoms with Gasteiger partial charge in [0.05, 0.1) is 0 Å². The number of hydrogen-bond donors (Lipinski definition) is 5. The van der Waals surface area contributed by atoms with Gasteiger partial charge in [-0.05, 0) is 58.3 Å². The molecule has 0 amide bonds. The van der Waals surface area contributed by atoms with Crippen molar-refractivity contribution in [2.75, 3.05) is 39.3 Å². The van der Waals surface area contributed by atoms with Gasteiger partial charge in [-0.3, -0.25) is 10.9 Å². The minimum Gasteiger partial charge on any atom is -0.330 e. The number of unbranched alkanes of at least 4 members (excludes halogenated alkanes) is 1. The number of hydrogen-bond acceptors (Lipinski definition) is 5. The van der Waals surface area contributed by atoms with Crippen LogP contribution in [0.15, 0.2) is 0 Å². The van der Waals surface area contributed by atoms with Crippen molar-refractivity contribution in [1.82, 2.24) is 16.2 Å². The molecule has 0 bridgehead atoms. The van der Waals surface area contributed by atoms with Crippen LogP contribution >= 0.6 is 0 Å². The molecule has 0 aromatic rings. The lowest BCUT2D eigenvalue weighted by Gasteiger charge is -2.01. The fourth-order valence-electron chi connectivity index (χ4n) is 1.53. The minimum atomic E-state index is 0.782. The van der Waals surface area contributed by atoms with Gasteiger partial charge in [0.25, 0.3) is 0 Å². The maximum Gasteiger partial charge on any atom is 0.00997 e. The molecule has 1 fully saturated rings. The van der Waals surface area contributed by atoms with E-state index in [9.17, 15) is 0 Å². The van der Waals surface area contributed by atoms with Crippen molar-refractivity contribution in [3.05, 3.63) is 0 Å². The van der Waals surface area contributed by atoms with E-state index in [1.54, 1.807) is 0 Å². The van der Waals surface area contributed by atoms with Gasteiger partial charge in [-0.15, -0.1) is 0 Å². The van der Waals surface area contributed by atoms with Crippen LogP contribution in [-0.2, 0) is 0 Å². The van der Waals surface area contributed by atoms with Gasteiger partial charge in [0.15, 0.2) is 0 Å². The Morgan fingerprint density at radius 3 is 1.94 bits per heavy atom. The van der Waals surface area contributed by atoms with E-state index in [1.165, 1.54) is 25.7 Å². The van der Waals surface area contributed by atoms with Crippen LogP contribution in [0.3, 0.4) is 0 Å². The molecule has 0 spiro atoms. The van der Waals surface area contributed by atoms with E-state index >= 15 is 0 Å². The van der Waals surface area contributed by atoms with Gasteiger partial charge in [0.2, 0.25) is 0 Å². The quantitative estimate of drug-likeness (QED) is 0.405. The van der Waals surface area contributed by atoms with Crippen molar-refractivity contribution < 1.29 is 0 Å². The Balaban J connectivity index is 0.000000318. The van der Waals surface area contributed by atoms with Crippen molar-refractivity contribution in [2.45, 2.75) is 38.5 Å². The Labute approximate surface area is 106 Å². The molecule has 0 radical (unpaired) electrons. The third-order valence-electron chi connectivity index (χ3n) is 2.59. The van der Waals surface area contributed by atoms with Gasteiger partial charge >= 0.3 is 0 Å². The van der Waals surface area contributed by atoms with Gasteiger partial charge in [-0.1, -0.05) is 6.42 Å². The summed E-state index contributed by atoms with van der Waals surface area (Å²) >= 11 is 0. The Kier molecular flexibility index (Phi) is 15.6. The van der Waals surface area contributed by atoms with Crippen LogP contribution in [0.25, 0.3) is 0 Å². The SMILES string of the molecule is C1CCNNCC1.NCCCCNCCCN. The Bertz CT molecular complexity index is 104. The van der Waals surface area contributed by atoms with Crippen molar-refractivity contribution in [1.29, 1.82) is 0 Å². The molecule has 1 saturated heterocycles. The van der Waals surface area contributed by atoms with Crippen molar-refractivity contribution >= 4 is 0 Å². The first-order valence-electron chi connectivity index (χ1n) is 6.98. The van der Waals surface area contributed by atoms with Crippen molar-refractivity contribution in [2.24, 2.45) is 11.5 Å². The molecular weight excluding hydrogens is 214 g/mol. The number of nitrogens with two attached hydrogens (primary N) is 2. The predicted molar refractivity (Wildman–Crippen MR) is 74.7 cm³/mol. The molecule has 1 heterocycles. The summed E-state index contributed by atoms with van der Waals surface area (Å²) in [7, 11) is 0. The second kappa shape index (κ2) is 15.8. The number of hydrazine groups is 1. The Morgan fingerprint density at radius 1 is 0.765 bits per heavy atom. The highest BCUT2D eigenvalue weighted by molar-refractivity contribution is 4.51. The van der Waals surface area contributed by atoms with Crippen LogP contribution in [0, 0.1) is 0 Å². The molecule has 0 aliphatic carbocycles. The second-order valence-electron chi connectivity index (χ2n) is 4.30. The highest BCUT2D eigenvalue weighted by Crippen LogP contribution is 1.93. The summed E-state index contributed by atoms with van der Waals surface area (Å²) in [6.07, 6.45) is 7.40. The van der Waals surface area contributed by atoms with Gasteiger partial charge < -0.3 is 16.8 Å². The van der Waals surface area contributed by atoms with Crippen molar-refractivity contribution in [3.63, 3.8) is 0 Å². The van der Waals surface area contributed by atoms with Crippen LogP contribution < -0.4 is 27.6 Å². The van der Waals surface area contributed by atoms with Crippen LogP contribution in [0.1, 0.15) is 38.5 Å². The molecule has 0 aromatic heterocycles. The molecule has 0 saturated carbocycles. The number of rotatable bonds is 7. The van der Waals surface area contributed by atoms with Gasteiger partial charge in [-0.2, -0.15) is 0 Å². The fourth-order valence-corrected chi connectivity index (χ4v) is 1.53. The minimum absolute atomic E-state index is 0.782. The summed E-state index contributed by atoms with van der Waals surface area (Å²) in [6, 6.07) is 0. The van der Waals surface area contributed by atoms with Crippen LogP contribution in [-0.4, -0.2) is 39.3 Å². The summed E-state index contributed by atoms with van der Waals surface area (Å²) < 4.78 is 0. The molecule has 104 valence electrons. The van der Waals surface area contributed by atoms with Gasteiger partial charge in [-0.25, -0.2) is 0 Å². The molecule has 7 N–H and O–H groups in total. The van der Waals surface area contributed by atoms with E-state index in [2.05, 4.69) is 16.2 Å². The lowest BCUT2D eigenvalue weighted by Crippen LogP contribution is -2.30. The molecule has 0 atom stereocenters. The smallest absolute Gasteiger partial charge is 0.00997 e. The summed E-state index contributed by atoms with van der Waals surface area (Å²) in [5.74, 6) is 0. The second-order valence-corrected chi connectivity index (χ2v) is 4.30. The molecule has 5 nitrogen and oxygen atoms in total. The third-order valence-corrected chi connectivity index (χ3v) is 2.59. The summed E-state index contributed by atoms with van der Waals surface area (Å²) in [4.78, 5) is 0. The van der Waals surface area contributed by atoms with Crippen LogP contribution in [0.2, 0.25) is 0 Å². The molecule has 0 aromatic carbocycles. The van der Waals surface area contributed by atoms with Crippen LogP contribution in [0.4, 0.5) is 0 Å². The van der Waals surface area contributed by atoms with E-state index in [-0.39, 0.29) is 0 Å². The zero-order chi connectivity index (χ0) is 12.6. The lowest BCUT2D eigenvalue weighted by molar-refractivity contribution is 0.573. The molecule has 1 rings (SSSR count). The highest BCUT2D eigenvalue weighted by atomic mass is 15.3. The first-order valence-corrected chi connectivity index (χ1v) is 6.98. The van der Waals surface area contributed by atoms with E-state index in [1.807, 2.05) is 0 Å². The Hall–Kier alpha value is -0.200. The summed E-state index contributed by atoms with van der Waals surface area (Å²) in [5.41, 5.74) is 16.8.